The van der Waals surface area contributed by atoms with Gasteiger partial charge in [0, 0.05) is 41.1 Å². The minimum atomic E-state index is 0.994. The van der Waals surface area contributed by atoms with Crippen molar-refractivity contribution in [2.24, 2.45) is 0 Å². The van der Waals surface area contributed by atoms with Crippen LogP contribution in [0.5, 0.6) is 0 Å². The zero-order valence-electron chi connectivity index (χ0n) is 10.8. The normalized spacial score (nSPS) is 11.1. The Morgan fingerprint density at radius 1 is 1.06 bits per heavy atom. The van der Waals surface area contributed by atoms with E-state index in [1.165, 1.54) is 16.8 Å². The first-order valence-corrected chi connectivity index (χ1v) is 6.03. The first-order valence-electron chi connectivity index (χ1n) is 6.03. The van der Waals surface area contributed by atoms with Gasteiger partial charge in [-0.15, -0.1) is 0 Å². The van der Waals surface area contributed by atoms with Gasteiger partial charge in [-0.1, -0.05) is 6.07 Å². The van der Waals surface area contributed by atoms with E-state index in [1.54, 1.807) is 0 Å². The molecule has 3 heterocycles. The van der Waals surface area contributed by atoms with Crippen molar-refractivity contribution in [2.75, 3.05) is 0 Å². The van der Waals surface area contributed by atoms with Crippen LogP contribution in [0.1, 0.15) is 17.0 Å². The van der Waals surface area contributed by atoms with Gasteiger partial charge in [-0.25, -0.2) is 4.98 Å². The molecule has 0 N–H and O–H groups in total. The highest BCUT2D eigenvalue weighted by atomic mass is 15.0. The number of hydrogen-bond donors (Lipinski definition) is 0. The molecule has 0 aliphatic carbocycles. The van der Waals surface area contributed by atoms with Crippen LogP contribution in [-0.4, -0.2) is 14.4 Å². The van der Waals surface area contributed by atoms with E-state index in [4.69, 9.17) is 0 Å². The molecule has 0 aliphatic rings. The average Bonchev–Trinajstić information content (AvgIpc) is 2.80. The highest BCUT2D eigenvalue weighted by molar-refractivity contribution is 5.71. The fourth-order valence-corrected chi connectivity index (χ4v) is 2.43. The van der Waals surface area contributed by atoms with Crippen LogP contribution < -0.4 is 0 Å². The molecule has 0 aliphatic heterocycles. The molecule has 3 heteroatoms. The van der Waals surface area contributed by atoms with E-state index >= 15 is 0 Å². The number of pyridine rings is 2. The Balaban J connectivity index is 2.30. The molecular weight excluding hydrogens is 222 g/mol. The summed E-state index contributed by atoms with van der Waals surface area (Å²) in [5, 5.41) is 0. The topological polar surface area (TPSA) is 30.2 Å². The van der Waals surface area contributed by atoms with Gasteiger partial charge in [0.15, 0.2) is 0 Å². The second-order valence-electron chi connectivity index (χ2n) is 4.63. The summed E-state index contributed by atoms with van der Waals surface area (Å²) in [5.74, 6) is 0. The molecule has 3 nitrogen and oxygen atoms in total. The van der Waals surface area contributed by atoms with Crippen LogP contribution in [0, 0.1) is 20.8 Å². The third-order valence-electron chi connectivity index (χ3n) is 3.33. The van der Waals surface area contributed by atoms with Crippen molar-refractivity contribution in [1.29, 1.82) is 0 Å². The Kier molecular flexibility index (Phi) is 2.40. The summed E-state index contributed by atoms with van der Waals surface area (Å²) in [6, 6.07) is 6.29. The highest BCUT2D eigenvalue weighted by Gasteiger charge is 2.10. The van der Waals surface area contributed by atoms with Crippen LogP contribution in [0.25, 0.3) is 16.8 Å². The van der Waals surface area contributed by atoms with Crippen molar-refractivity contribution in [3.05, 3.63) is 53.7 Å². The number of rotatable bonds is 1. The summed E-state index contributed by atoms with van der Waals surface area (Å²) >= 11 is 0. The fourth-order valence-electron chi connectivity index (χ4n) is 2.43. The molecule has 90 valence electrons. The lowest BCUT2D eigenvalue weighted by molar-refractivity contribution is 1.08. The Hall–Kier alpha value is -2.16. The van der Waals surface area contributed by atoms with Gasteiger partial charge in [0.2, 0.25) is 0 Å². The molecule has 3 rings (SSSR count). The van der Waals surface area contributed by atoms with Crippen LogP contribution >= 0.6 is 0 Å². The van der Waals surface area contributed by atoms with Gasteiger partial charge < -0.3 is 4.40 Å². The van der Waals surface area contributed by atoms with Gasteiger partial charge in [0.1, 0.15) is 5.65 Å². The number of hydrogen-bond acceptors (Lipinski definition) is 2. The van der Waals surface area contributed by atoms with E-state index in [9.17, 15) is 0 Å². The van der Waals surface area contributed by atoms with Crippen LogP contribution in [-0.2, 0) is 0 Å². The monoisotopic (exact) mass is 237 g/mol. The predicted molar refractivity (Wildman–Crippen MR) is 72.6 cm³/mol. The molecule has 0 fully saturated rings. The summed E-state index contributed by atoms with van der Waals surface area (Å²) in [4.78, 5) is 8.72. The molecule has 0 saturated heterocycles. The molecule has 3 aromatic heterocycles. The highest BCUT2D eigenvalue weighted by Crippen LogP contribution is 2.27. The van der Waals surface area contributed by atoms with Crippen LogP contribution in [0.4, 0.5) is 0 Å². The van der Waals surface area contributed by atoms with Gasteiger partial charge in [0.25, 0.3) is 0 Å². The number of nitrogens with zero attached hydrogens (tertiary/aromatic N) is 3. The Morgan fingerprint density at radius 2 is 1.89 bits per heavy atom. The lowest BCUT2D eigenvalue weighted by Gasteiger charge is -2.12. The Bertz CT molecular complexity index is 708. The second-order valence-corrected chi connectivity index (χ2v) is 4.63. The molecule has 0 saturated carbocycles. The molecule has 0 atom stereocenters. The summed E-state index contributed by atoms with van der Waals surface area (Å²) in [6.07, 6.45) is 5.77. The van der Waals surface area contributed by atoms with Crippen molar-refractivity contribution in [3.8, 4) is 11.1 Å². The Morgan fingerprint density at radius 3 is 2.61 bits per heavy atom. The van der Waals surface area contributed by atoms with Crippen molar-refractivity contribution in [1.82, 2.24) is 14.4 Å². The van der Waals surface area contributed by atoms with Gasteiger partial charge >= 0.3 is 0 Å². The molecule has 18 heavy (non-hydrogen) atoms. The number of aromatic nitrogens is 3. The molecule has 3 aromatic rings. The van der Waals surface area contributed by atoms with E-state index in [0.717, 1.165) is 16.9 Å². The average molecular weight is 237 g/mol. The van der Waals surface area contributed by atoms with E-state index in [0.29, 0.717) is 0 Å². The molecule has 0 radical (unpaired) electrons. The minimum absolute atomic E-state index is 0.994. The largest absolute Gasteiger partial charge is 0.304 e. The van der Waals surface area contributed by atoms with E-state index in [2.05, 4.69) is 40.3 Å². The van der Waals surface area contributed by atoms with Crippen LogP contribution in [0.15, 0.2) is 36.8 Å². The molecule has 0 bridgehead atoms. The molecule has 0 unspecified atom stereocenters. The van der Waals surface area contributed by atoms with E-state index in [1.807, 2.05) is 31.6 Å². The lowest BCUT2D eigenvalue weighted by atomic mass is 10.0. The SMILES string of the molecule is Cc1ccc(-c2c(C)cc3nccn3c2C)cn1. The summed E-state index contributed by atoms with van der Waals surface area (Å²) < 4.78 is 2.11. The maximum atomic E-state index is 4.38. The van der Waals surface area contributed by atoms with Crippen molar-refractivity contribution >= 4 is 5.65 Å². The predicted octanol–water partition coefficient (Wildman–Crippen LogP) is 3.32. The summed E-state index contributed by atoms with van der Waals surface area (Å²) in [6.45, 7) is 6.25. The molecule has 0 spiro atoms. The van der Waals surface area contributed by atoms with Gasteiger partial charge in [-0.05, 0) is 38.5 Å². The van der Waals surface area contributed by atoms with Crippen molar-refractivity contribution in [2.45, 2.75) is 20.8 Å². The second kappa shape index (κ2) is 3.95. The quantitative estimate of drug-likeness (QED) is 0.650. The maximum absolute atomic E-state index is 4.38. The smallest absolute Gasteiger partial charge is 0.137 e. The molecule has 0 aromatic carbocycles. The van der Waals surface area contributed by atoms with Gasteiger partial charge in [0.05, 0.1) is 0 Å². The molecule has 0 amide bonds. The summed E-state index contributed by atoms with van der Waals surface area (Å²) in [7, 11) is 0. The first kappa shape index (κ1) is 11.0. The zero-order chi connectivity index (χ0) is 12.7. The first-order chi connectivity index (χ1) is 8.66. The van der Waals surface area contributed by atoms with Gasteiger partial charge in [-0.3, -0.25) is 4.98 Å². The number of fused-ring (bicyclic) bond motifs is 1. The van der Waals surface area contributed by atoms with E-state index < -0.39 is 0 Å². The van der Waals surface area contributed by atoms with Crippen molar-refractivity contribution < 1.29 is 0 Å². The number of aryl methyl sites for hydroxylation is 3. The van der Waals surface area contributed by atoms with Crippen molar-refractivity contribution in [3.63, 3.8) is 0 Å². The third kappa shape index (κ3) is 1.59. The lowest BCUT2D eigenvalue weighted by Crippen LogP contribution is -1.97. The van der Waals surface area contributed by atoms with Gasteiger partial charge in [-0.2, -0.15) is 0 Å². The molecular formula is C15H15N3. The van der Waals surface area contributed by atoms with Crippen LogP contribution in [0.2, 0.25) is 0 Å². The zero-order valence-corrected chi connectivity index (χ0v) is 10.8. The summed E-state index contributed by atoms with van der Waals surface area (Å²) in [5.41, 5.74) is 6.87. The standard InChI is InChI=1S/C15H15N3/c1-10-8-14-16-6-7-18(14)12(3)15(10)13-5-4-11(2)17-9-13/h4-9H,1-3H3. The number of imidazole rings is 1. The maximum Gasteiger partial charge on any atom is 0.137 e. The van der Waals surface area contributed by atoms with Crippen LogP contribution in [0.3, 0.4) is 0 Å². The van der Waals surface area contributed by atoms with E-state index in [-0.39, 0.29) is 0 Å². The third-order valence-corrected chi connectivity index (χ3v) is 3.33. The Labute approximate surface area is 106 Å². The fraction of sp³-hybridized carbons (Fsp3) is 0.200. The minimum Gasteiger partial charge on any atom is -0.304 e.